The average molecular weight is 291 g/mol. The molecule has 0 bridgehead atoms. The summed E-state index contributed by atoms with van der Waals surface area (Å²) >= 11 is 0. The number of hydrogen-bond acceptors (Lipinski definition) is 4. The van der Waals surface area contributed by atoms with Gasteiger partial charge in [0.05, 0.1) is 0 Å². The zero-order valence-electron chi connectivity index (χ0n) is 13.1. The molecule has 1 amide bonds. The molecule has 1 fully saturated rings. The molecule has 1 heterocycles. The first-order chi connectivity index (χ1) is 9.92. The van der Waals surface area contributed by atoms with Crippen molar-refractivity contribution in [2.24, 2.45) is 5.73 Å². The molecule has 0 unspecified atom stereocenters. The molecule has 1 aliphatic heterocycles. The van der Waals surface area contributed by atoms with Crippen LogP contribution in [0.15, 0.2) is 24.3 Å². The third-order valence-corrected chi connectivity index (χ3v) is 4.12. The lowest BCUT2D eigenvalue weighted by Crippen LogP contribution is -2.54. The lowest BCUT2D eigenvalue weighted by molar-refractivity contribution is -0.124. The Morgan fingerprint density at radius 3 is 2.67 bits per heavy atom. The number of benzene rings is 1. The number of rotatable bonds is 4. The van der Waals surface area contributed by atoms with E-state index in [1.807, 2.05) is 31.3 Å². The second-order valence-electron chi connectivity index (χ2n) is 5.98. The molecule has 5 nitrogen and oxygen atoms in total. The van der Waals surface area contributed by atoms with Crippen LogP contribution in [0.1, 0.15) is 26.7 Å². The summed E-state index contributed by atoms with van der Waals surface area (Å²) in [6.45, 7) is 5.34. The molecule has 1 aromatic carbocycles. The first-order valence-corrected chi connectivity index (χ1v) is 7.43. The van der Waals surface area contributed by atoms with Crippen molar-refractivity contribution in [2.75, 3.05) is 30.5 Å². The first kappa shape index (κ1) is 15.8. The van der Waals surface area contributed by atoms with Crippen molar-refractivity contribution in [3.05, 3.63) is 24.3 Å². The van der Waals surface area contributed by atoms with E-state index in [0.29, 0.717) is 32.1 Å². The molecular formula is C16H25N3O2. The van der Waals surface area contributed by atoms with Gasteiger partial charge in [0.2, 0.25) is 5.91 Å². The minimum atomic E-state index is -0.821. The second-order valence-corrected chi connectivity index (χ2v) is 5.98. The van der Waals surface area contributed by atoms with E-state index in [1.54, 1.807) is 0 Å². The van der Waals surface area contributed by atoms with Crippen LogP contribution in [0.5, 0.6) is 0 Å². The van der Waals surface area contributed by atoms with E-state index in [2.05, 4.69) is 24.1 Å². The number of carbonyl (C=O) groups excluding carboxylic acids is 1. The van der Waals surface area contributed by atoms with Gasteiger partial charge >= 0.3 is 0 Å². The molecule has 0 atom stereocenters. The van der Waals surface area contributed by atoms with E-state index in [9.17, 15) is 4.79 Å². The third kappa shape index (κ3) is 3.74. The van der Waals surface area contributed by atoms with E-state index in [0.717, 1.165) is 11.4 Å². The minimum absolute atomic E-state index is 0.129. The zero-order chi connectivity index (χ0) is 15.5. The first-order valence-electron chi connectivity index (χ1n) is 7.43. The lowest BCUT2D eigenvalue weighted by Gasteiger charge is -2.32. The molecular weight excluding hydrogens is 266 g/mol. The standard InChI is InChI=1S/C16H25N3O2/c1-12(2)19(3)14-6-4-5-13(11-14)18-15(20)16(17)7-9-21-10-8-16/h4-6,11-12H,7-10,17H2,1-3H3,(H,18,20). The van der Waals surface area contributed by atoms with Crippen molar-refractivity contribution in [1.29, 1.82) is 0 Å². The maximum absolute atomic E-state index is 12.4. The summed E-state index contributed by atoms with van der Waals surface area (Å²) in [4.78, 5) is 14.6. The van der Waals surface area contributed by atoms with Gasteiger partial charge in [-0.25, -0.2) is 0 Å². The fourth-order valence-corrected chi connectivity index (χ4v) is 2.32. The van der Waals surface area contributed by atoms with Gasteiger partial charge in [-0.3, -0.25) is 4.79 Å². The van der Waals surface area contributed by atoms with Crippen LogP contribution in [0.2, 0.25) is 0 Å². The number of hydrogen-bond donors (Lipinski definition) is 2. The molecule has 1 saturated heterocycles. The van der Waals surface area contributed by atoms with Crippen molar-refractivity contribution in [2.45, 2.75) is 38.3 Å². The van der Waals surface area contributed by atoms with Crippen molar-refractivity contribution in [3.8, 4) is 0 Å². The molecule has 0 aliphatic carbocycles. The highest BCUT2D eigenvalue weighted by Gasteiger charge is 2.35. The van der Waals surface area contributed by atoms with Crippen molar-refractivity contribution in [1.82, 2.24) is 0 Å². The molecule has 0 spiro atoms. The third-order valence-electron chi connectivity index (χ3n) is 4.12. The summed E-state index contributed by atoms with van der Waals surface area (Å²) in [6.07, 6.45) is 1.12. The number of nitrogens with two attached hydrogens (primary N) is 1. The Labute approximate surface area is 126 Å². The van der Waals surface area contributed by atoms with Crippen LogP contribution in [0.25, 0.3) is 0 Å². The van der Waals surface area contributed by atoms with Crippen LogP contribution in [0.4, 0.5) is 11.4 Å². The monoisotopic (exact) mass is 291 g/mol. The molecule has 21 heavy (non-hydrogen) atoms. The van der Waals surface area contributed by atoms with Crippen LogP contribution in [-0.2, 0) is 9.53 Å². The largest absolute Gasteiger partial charge is 0.381 e. The van der Waals surface area contributed by atoms with Gasteiger partial charge in [0.1, 0.15) is 5.54 Å². The fourth-order valence-electron chi connectivity index (χ4n) is 2.32. The van der Waals surface area contributed by atoms with Crippen molar-refractivity contribution < 1.29 is 9.53 Å². The van der Waals surface area contributed by atoms with Gasteiger partial charge in [-0.15, -0.1) is 0 Å². The highest BCUT2D eigenvalue weighted by Crippen LogP contribution is 2.23. The smallest absolute Gasteiger partial charge is 0.244 e. The van der Waals surface area contributed by atoms with Crippen LogP contribution >= 0.6 is 0 Å². The predicted molar refractivity (Wildman–Crippen MR) is 85.6 cm³/mol. The Kier molecular flexibility index (Phi) is 4.85. The zero-order valence-corrected chi connectivity index (χ0v) is 13.1. The van der Waals surface area contributed by atoms with Crippen LogP contribution < -0.4 is 16.0 Å². The van der Waals surface area contributed by atoms with Gasteiger partial charge in [-0.05, 0) is 44.9 Å². The van der Waals surface area contributed by atoms with Gasteiger partial charge in [-0.1, -0.05) is 6.07 Å². The van der Waals surface area contributed by atoms with E-state index < -0.39 is 5.54 Å². The van der Waals surface area contributed by atoms with E-state index in [-0.39, 0.29) is 5.91 Å². The van der Waals surface area contributed by atoms with Crippen LogP contribution in [-0.4, -0.2) is 37.7 Å². The quantitative estimate of drug-likeness (QED) is 0.890. The summed E-state index contributed by atoms with van der Waals surface area (Å²) in [7, 11) is 2.04. The van der Waals surface area contributed by atoms with E-state index >= 15 is 0 Å². The molecule has 1 aromatic rings. The molecule has 1 aliphatic rings. The van der Waals surface area contributed by atoms with E-state index in [1.165, 1.54) is 0 Å². The summed E-state index contributed by atoms with van der Waals surface area (Å²) in [6, 6.07) is 8.23. The highest BCUT2D eigenvalue weighted by molar-refractivity contribution is 5.98. The Morgan fingerprint density at radius 1 is 1.38 bits per heavy atom. The maximum atomic E-state index is 12.4. The van der Waals surface area contributed by atoms with Crippen LogP contribution in [0.3, 0.4) is 0 Å². The summed E-state index contributed by atoms with van der Waals surface area (Å²) < 4.78 is 5.28. The number of carbonyl (C=O) groups is 1. The normalized spacial score (nSPS) is 17.6. The Balaban J connectivity index is 2.09. The molecule has 5 heteroatoms. The van der Waals surface area contributed by atoms with Gasteiger partial charge in [0, 0.05) is 37.7 Å². The topological polar surface area (TPSA) is 67.6 Å². The Bertz CT molecular complexity index is 496. The summed E-state index contributed by atoms with van der Waals surface area (Å²) in [5.41, 5.74) is 7.22. The van der Waals surface area contributed by atoms with Crippen molar-refractivity contribution in [3.63, 3.8) is 0 Å². The maximum Gasteiger partial charge on any atom is 0.244 e. The van der Waals surface area contributed by atoms with Gasteiger partial charge < -0.3 is 20.7 Å². The molecule has 0 aromatic heterocycles. The SMILES string of the molecule is CC(C)N(C)c1cccc(NC(=O)C2(N)CCOCC2)c1. The average Bonchev–Trinajstić information content (AvgIpc) is 2.47. The van der Waals surface area contributed by atoms with Crippen LogP contribution in [0, 0.1) is 0 Å². The van der Waals surface area contributed by atoms with Gasteiger partial charge in [0.25, 0.3) is 0 Å². The molecule has 3 N–H and O–H groups in total. The molecule has 0 saturated carbocycles. The Hall–Kier alpha value is -1.59. The lowest BCUT2D eigenvalue weighted by atomic mass is 9.90. The van der Waals surface area contributed by atoms with Crippen molar-refractivity contribution >= 4 is 17.3 Å². The number of ether oxygens (including phenoxy) is 1. The Morgan fingerprint density at radius 2 is 2.05 bits per heavy atom. The molecule has 116 valence electrons. The van der Waals surface area contributed by atoms with E-state index in [4.69, 9.17) is 10.5 Å². The highest BCUT2D eigenvalue weighted by atomic mass is 16.5. The number of nitrogens with one attached hydrogen (secondary N) is 1. The molecule has 2 rings (SSSR count). The number of nitrogens with zero attached hydrogens (tertiary/aromatic N) is 1. The summed E-state index contributed by atoms with van der Waals surface area (Å²) in [5, 5.41) is 2.94. The fraction of sp³-hybridized carbons (Fsp3) is 0.562. The minimum Gasteiger partial charge on any atom is -0.381 e. The van der Waals surface area contributed by atoms with Gasteiger partial charge in [-0.2, -0.15) is 0 Å². The molecule has 0 radical (unpaired) electrons. The predicted octanol–water partition coefficient (Wildman–Crippen LogP) is 1.98. The number of amides is 1. The number of anilines is 2. The second kappa shape index (κ2) is 6.45. The van der Waals surface area contributed by atoms with Gasteiger partial charge in [0.15, 0.2) is 0 Å². The summed E-state index contributed by atoms with van der Waals surface area (Å²) in [5.74, 6) is -0.129.